The predicted molar refractivity (Wildman–Crippen MR) is 103 cm³/mol. The zero-order valence-electron chi connectivity index (χ0n) is 16.4. The van der Waals surface area contributed by atoms with Crippen LogP contribution in [0.5, 0.6) is 5.75 Å². The van der Waals surface area contributed by atoms with Crippen LogP contribution in [0.25, 0.3) is 0 Å². The highest BCUT2D eigenvalue weighted by molar-refractivity contribution is 5.99. The number of amides is 2. The second-order valence-electron chi connectivity index (χ2n) is 7.59. The van der Waals surface area contributed by atoms with Gasteiger partial charge < -0.3 is 19.9 Å². The standard InChI is InChI=1S/C21H18F3N3O4/c1-10-4-15(23)13(16(24)5-10)7-25-20(30)14-9-27-12-6-11(22)2-3-26(8-12)21(31)17(27)19(29)18(14)28/h2,4-5,9,12,29H,3,6-8H2,1H3,(H,25,30)/t12-/m0/s1. The minimum atomic E-state index is -1.10. The lowest BCUT2D eigenvalue weighted by Gasteiger charge is -2.34. The Hall–Kier alpha value is -3.56. The number of rotatable bonds is 3. The van der Waals surface area contributed by atoms with Gasteiger partial charge in [0.25, 0.3) is 11.8 Å². The van der Waals surface area contributed by atoms with Gasteiger partial charge in [-0.15, -0.1) is 0 Å². The average Bonchev–Trinajstić information content (AvgIpc) is 2.87. The predicted octanol–water partition coefficient (Wildman–Crippen LogP) is 2.32. The SMILES string of the molecule is Cc1cc(F)c(CNC(=O)c2cn3c(c(O)c2=O)C(=O)N2CC=C(F)C[C@H]3C2)c(F)c1. The minimum absolute atomic E-state index is 0.00468. The summed E-state index contributed by atoms with van der Waals surface area (Å²) in [6.07, 6.45) is 2.24. The molecule has 162 valence electrons. The van der Waals surface area contributed by atoms with Crippen LogP contribution in [-0.4, -0.2) is 39.5 Å². The van der Waals surface area contributed by atoms with E-state index in [0.717, 1.165) is 18.3 Å². The lowest BCUT2D eigenvalue weighted by molar-refractivity contribution is 0.0687. The van der Waals surface area contributed by atoms with Gasteiger partial charge in [-0.2, -0.15) is 0 Å². The fraction of sp³-hybridized carbons (Fsp3) is 0.286. The van der Waals surface area contributed by atoms with Crippen molar-refractivity contribution in [2.45, 2.75) is 25.9 Å². The smallest absolute Gasteiger partial charge is 0.274 e. The number of aromatic hydroxyl groups is 1. The van der Waals surface area contributed by atoms with E-state index >= 15 is 0 Å². The summed E-state index contributed by atoms with van der Waals surface area (Å²) in [6.45, 7) is 1.12. The quantitative estimate of drug-likeness (QED) is 0.777. The number of aryl methyl sites for hydroxylation is 1. The number of pyridine rings is 1. The maximum Gasteiger partial charge on any atom is 0.274 e. The molecule has 2 aliphatic heterocycles. The Morgan fingerprint density at radius 3 is 2.58 bits per heavy atom. The molecule has 2 aromatic rings. The van der Waals surface area contributed by atoms with Gasteiger partial charge in [0, 0.05) is 37.8 Å². The summed E-state index contributed by atoms with van der Waals surface area (Å²) < 4.78 is 43.2. The molecular formula is C21H18F3N3O4. The van der Waals surface area contributed by atoms with Gasteiger partial charge >= 0.3 is 0 Å². The average molecular weight is 433 g/mol. The number of carbonyl (C=O) groups excluding carboxylic acids is 2. The van der Waals surface area contributed by atoms with Crippen LogP contribution in [0.15, 0.2) is 35.0 Å². The van der Waals surface area contributed by atoms with Gasteiger partial charge in [-0.05, 0) is 30.7 Å². The molecule has 2 aliphatic rings. The molecule has 0 spiro atoms. The fourth-order valence-corrected chi connectivity index (χ4v) is 3.86. The molecule has 2 N–H and O–H groups in total. The lowest BCUT2D eigenvalue weighted by atomic mass is 10.1. The van der Waals surface area contributed by atoms with Crippen LogP contribution in [0.4, 0.5) is 13.2 Å². The monoisotopic (exact) mass is 433 g/mol. The molecule has 0 fully saturated rings. The van der Waals surface area contributed by atoms with Crippen molar-refractivity contribution < 1.29 is 27.9 Å². The summed E-state index contributed by atoms with van der Waals surface area (Å²) in [7, 11) is 0. The third-order valence-corrected chi connectivity index (χ3v) is 5.44. The van der Waals surface area contributed by atoms with Crippen molar-refractivity contribution in [1.29, 1.82) is 0 Å². The van der Waals surface area contributed by atoms with Crippen molar-refractivity contribution in [3.63, 3.8) is 0 Å². The first-order chi connectivity index (χ1) is 14.7. The van der Waals surface area contributed by atoms with Gasteiger partial charge in [-0.3, -0.25) is 14.4 Å². The molecule has 31 heavy (non-hydrogen) atoms. The summed E-state index contributed by atoms with van der Waals surface area (Å²) in [5.41, 5.74) is -1.97. The van der Waals surface area contributed by atoms with E-state index in [9.17, 15) is 32.7 Å². The maximum absolute atomic E-state index is 14.0. The Kier molecular flexibility index (Phi) is 5.08. The highest BCUT2D eigenvalue weighted by atomic mass is 19.1. The van der Waals surface area contributed by atoms with Crippen LogP contribution in [-0.2, 0) is 6.54 Å². The number of allylic oxidation sites excluding steroid dienone is 1. The van der Waals surface area contributed by atoms with Gasteiger partial charge in [0.2, 0.25) is 5.43 Å². The second-order valence-corrected chi connectivity index (χ2v) is 7.59. The first kappa shape index (κ1) is 20.7. The van der Waals surface area contributed by atoms with E-state index in [1.54, 1.807) is 0 Å². The molecule has 2 amide bonds. The minimum Gasteiger partial charge on any atom is -0.503 e. The molecule has 0 radical (unpaired) electrons. The van der Waals surface area contributed by atoms with E-state index in [-0.39, 0.29) is 30.8 Å². The molecule has 10 heteroatoms. The fourth-order valence-electron chi connectivity index (χ4n) is 3.86. The van der Waals surface area contributed by atoms with Crippen molar-refractivity contribution in [3.8, 4) is 5.75 Å². The number of fused-ring (bicyclic) bond motifs is 4. The Morgan fingerprint density at radius 2 is 1.90 bits per heavy atom. The zero-order valence-corrected chi connectivity index (χ0v) is 16.4. The van der Waals surface area contributed by atoms with Crippen LogP contribution in [0.1, 0.15) is 44.4 Å². The summed E-state index contributed by atoms with van der Waals surface area (Å²) in [5.74, 6) is -4.74. The van der Waals surface area contributed by atoms with Crippen molar-refractivity contribution in [1.82, 2.24) is 14.8 Å². The topological polar surface area (TPSA) is 91.6 Å². The number of hydrogen-bond donors (Lipinski definition) is 2. The summed E-state index contributed by atoms with van der Waals surface area (Å²) in [5, 5.41) is 12.6. The van der Waals surface area contributed by atoms with E-state index in [1.165, 1.54) is 22.5 Å². The van der Waals surface area contributed by atoms with Gasteiger partial charge in [0.1, 0.15) is 17.2 Å². The molecule has 0 saturated heterocycles. The number of carbonyl (C=O) groups is 2. The van der Waals surface area contributed by atoms with E-state index in [0.29, 0.717) is 5.56 Å². The summed E-state index contributed by atoms with van der Waals surface area (Å²) in [4.78, 5) is 39.1. The van der Waals surface area contributed by atoms with E-state index in [4.69, 9.17) is 0 Å². The Morgan fingerprint density at radius 1 is 1.23 bits per heavy atom. The molecule has 0 aliphatic carbocycles. The van der Waals surface area contributed by atoms with Crippen LogP contribution in [0.2, 0.25) is 0 Å². The molecule has 2 bridgehead atoms. The van der Waals surface area contributed by atoms with Gasteiger partial charge in [-0.25, -0.2) is 13.2 Å². The number of nitrogens with one attached hydrogen (secondary N) is 1. The molecule has 3 heterocycles. The zero-order chi connectivity index (χ0) is 22.4. The molecule has 1 aromatic carbocycles. The molecule has 4 rings (SSSR count). The number of benzene rings is 1. The molecule has 7 nitrogen and oxygen atoms in total. The number of hydrogen-bond acceptors (Lipinski definition) is 4. The third-order valence-electron chi connectivity index (χ3n) is 5.44. The number of nitrogens with zero attached hydrogens (tertiary/aromatic N) is 2. The molecular weight excluding hydrogens is 415 g/mol. The highest BCUT2D eigenvalue weighted by Crippen LogP contribution is 2.32. The summed E-state index contributed by atoms with van der Waals surface area (Å²) in [6, 6.07) is 1.59. The summed E-state index contributed by atoms with van der Waals surface area (Å²) >= 11 is 0. The van der Waals surface area contributed by atoms with E-state index in [2.05, 4.69) is 5.32 Å². The maximum atomic E-state index is 14.0. The Balaban J connectivity index is 1.68. The van der Waals surface area contributed by atoms with Gasteiger partial charge in [0.15, 0.2) is 11.4 Å². The molecule has 0 saturated carbocycles. The highest BCUT2D eigenvalue weighted by Gasteiger charge is 2.36. The number of halogens is 3. The van der Waals surface area contributed by atoms with Crippen molar-refractivity contribution in [2.24, 2.45) is 0 Å². The van der Waals surface area contributed by atoms with Crippen LogP contribution in [0.3, 0.4) is 0 Å². The van der Waals surface area contributed by atoms with Crippen LogP contribution < -0.4 is 10.7 Å². The van der Waals surface area contributed by atoms with Gasteiger partial charge in [-0.1, -0.05) is 0 Å². The van der Waals surface area contributed by atoms with Crippen molar-refractivity contribution in [2.75, 3.05) is 13.1 Å². The van der Waals surface area contributed by atoms with E-state index in [1.807, 2.05) is 0 Å². The van der Waals surface area contributed by atoms with Gasteiger partial charge in [0.05, 0.1) is 11.9 Å². The second kappa shape index (κ2) is 7.60. The Labute approximate surface area is 174 Å². The number of aromatic nitrogens is 1. The van der Waals surface area contributed by atoms with Crippen LogP contribution in [0, 0.1) is 18.6 Å². The normalized spacial score (nSPS) is 17.7. The van der Waals surface area contributed by atoms with Crippen LogP contribution >= 0.6 is 0 Å². The van der Waals surface area contributed by atoms with Crippen molar-refractivity contribution >= 4 is 11.8 Å². The Bertz CT molecular complexity index is 1180. The molecule has 0 unspecified atom stereocenters. The largest absolute Gasteiger partial charge is 0.503 e. The first-order valence-corrected chi connectivity index (χ1v) is 9.52. The van der Waals surface area contributed by atoms with E-state index < -0.39 is 58.6 Å². The van der Waals surface area contributed by atoms with Crippen molar-refractivity contribution in [3.05, 3.63) is 74.5 Å². The lowest BCUT2D eigenvalue weighted by Crippen LogP contribution is -2.44. The first-order valence-electron chi connectivity index (χ1n) is 9.52. The molecule has 1 aromatic heterocycles. The molecule has 1 atom stereocenters. The third kappa shape index (κ3) is 3.58.